The fourth-order valence-electron chi connectivity index (χ4n) is 2.89. The van der Waals surface area contributed by atoms with E-state index < -0.39 is 0 Å². The number of benzene rings is 1. The molecule has 2 rings (SSSR count). The van der Waals surface area contributed by atoms with Crippen LogP contribution >= 0.6 is 15.9 Å². The smallest absolute Gasteiger partial charge is 0.124 e. The zero-order valence-corrected chi connectivity index (χ0v) is 14.1. The molecule has 1 aromatic carbocycles. The molecule has 0 saturated carbocycles. The molecule has 1 aliphatic rings. The van der Waals surface area contributed by atoms with Gasteiger partial charge in [-0.3, -0.25) is 4.90 Å². The lowest BCUT2D eigenvalue weighted by molar-refractivity contribution is 0.0825. The third-order valence-corrected chi connectivity index (χ3v) is 4.68. The molecule has 112 valence electrons. The summed E-state index contributed by atoms with van der Waals surface area (Å²) in [6.45, 7) is 9.62. The zero-order chi connectivity index (χ0) is 14.8. The van der Waals surface area contributed by atoms with Gasteiger partial charge in [0.1, 0.15) is 5.82 Å². The second-order valence-electron chi connectivity index (χ2n) is 6.35. The summed E-state index contributed by atoms with van der Waals surface area (Å²) >= 11 is 3.48. The van der Waals surface area contributed by atoms with E-state index >= 15 is 0 Å². The fourth-order valence-corrected chi connectivity index (χ4v) is 3.36. The Hall–Kier alpha value is -0.450. The van der Waals surface area contributed by atoms with Gasteiger partial charge in [-0.1, -0.05) is 35.3 Å². The molecule has 1 saturated heterocycles. The van der Waals surface area contributed by atoms with Gasteiger partial charge < -0.3 is 5.32 Å². The van der Waals surface area contributed by atoms with E-state index in [9.17, 15) is 4.39 Å². The third-order valence-electron chi connectivity index (χ3n) is 3.94. The van der Waals surface area contributed by atoms with Gasteiger partial charge in [0, 0.05) is 35.7 Å². The van der Waals surface area contributed by atoms with Crippen molar-refractivity contribution in [3.63, 3.8) is 0 Å². The van der Waals surface area contributed by atoms with Crippen molar-refractivity contribution in [2.45, 2.75) is 51.7 Å². The first-order valence-electron chi connectivity index (χ1n) is 7.34. The van der Waals surface area contributed by atoms with Gasteiger partial charge in [0.25, 0.3) is 0 Å². The summed E-state index contributed by atoms with van der Waals surface area (Å²) in [6, 6.07) is 5.54. The van der Waals surface area contributed by atoms with Gasteiger partial charge >= 0.3 is 0 Å². The van der Waals surface area contributed by atoms with Crippen LogP contribution in [0.15, 0.2) is 22.7 Å². The van der Waals surface area contributed by atoms with Crippen molar-refractivity contribution in [2.75, 3.05) is 13.1 Å². The van der Waals surface area contributed by atoms with Crippen molar-refractivity contribution in [3.05, 3.63) is 34.1 Å². The lowest BCUT2D eigenvalue weighted by Crippen LogP contribution is -2.61. The molecule has 2 nitrogen and oxygen atoms in total. The molecule has 1 unspecified atom stereocenters. The van der Waals surface area contributed by atoms with Crippen molar-refractivity contribution in [3.8, 4) is 0 Å². The summed E-state index contributed by atoms with van der Waals surface area (Å²) in [5.74, 6) is -0.189. The standard InChI is InChI=1S/C16H24BrFN2/c1-4-5-14-9-19-16(2,3)11-20(14)10-12-6-7-13(18)8-15(12)17/h6-8,14,19H,4-5,9-11H2,1-3H3. The van der Waals surface area contributed by atoms with Crippen LogP contribution in [0.25, 0.3) is 0 Å². The first-order chi connectivity index (χ1) is 9.41. The number of halogens is 2. The lowest BCUT2D eigenvalue weighted by atomic mass is 9.96. The predicted molar refractivity (Wildman–Crippen MR) is 85.3 cm³/mol. The molecule has 1 aromatic rings. The Labute approximate surface area is 129 Å². The maximum absolute atomic E-state index is 13.2. The third kappa shape index (κ3) is 4.03. The van der Waals surface area contributed by atoms with Crippen LogP contribution in [0.3, 0.4) is 0 Å². The maximum Gasteiger partial charge on any atom is 0.124 e. The number of nitrogens with zero attached hydrogens (tertiary/aromatic N) is 1. The molecule has 0 aromatic heterocycles. The molecule has 1 atom stereocenters. The molecule has 20 heavy (non-hydrogen) atoms. The van der Waals surface area contributed by atoms with E-state index in [-0.39, 0.29) is 11.4 Å². The second kappa shape index (κ2) is 6.54. The highest BCUT2D eigenvalue weighted by molar-refractivity contribution is 9.10. The van der Waals surface area contributed by atoms with Crippen molar-refractivity contribution in [2.24, 2.45) is 0 Å². The van der Waals surface area contributed by atoms with E-state index in [0.29, 0.717) is 6.04 Å². The minimum Gasteiger partial charge on any atom is -0.309 e. The zero-order valence-electron chi connectivity index (χ0n) is 12.5. The van der Waals surface area contributed by atoms with Crippen LogP contribution in [0.1, 0.15) is 39.2 Å². The molecule has 0 bridgehead atoms. The maximum atomic E-state index is 13.2. The van der Waals surface area contributed by atoms with Gasteiger partial charge in [-0.05, 0) is 38.0 Å². The Morgan fingerprint density at radius 2 is 2.20 bits per heavy atom. The van der Waals surface area contributed by atoms with E-state index in [0.717, 1.165) is 29.7 Å². The van der Waals surface area contributed by atoms with Gasteiger partial charge in [0.2, 0.25) is 0 Å². The lowest BCUT2D eigenvalue weighted by Gasteiger charge is -2.45. The van der Waals surface area contributed by atoms with Crippen LogP contribution in [0.5, 0.6) is 0 Å². The normalized spacial score (nSPS) is 22.9. The monoisotopic (exact) mass is 342 g/mol. The Bertz CT molecular complexity index is 462. The summed E-state index contributed by atoms with van der Waals surface area (Å²) in [4.78, 5) is 2.53. The molecule has 1 aliphatic heterocycles. The van der Waals surface area contributed by atoms with E-state index in [2.05, 4.69) is 46.9 Å². The number of rotatable bonds is 4. The molecule has 1 fully saturated rings. The Morgan fingerprint density at radius 3 is 2.85 bits per heavy atom. The van der Waals surface area contributed by atoms with Gasteiger partial charge in [-0.25, -0.2) is 4.39 Å². The SMILES string of the molecule is CCCC1CNC(C)(C)CN1Cc1ccc(F)cc1Br. The average molecular weight is 343 g/mol. The van der Waals surface area contributed by atoms with E-state index in [4.69, 9.17) is 0 Å². The van der Waals surface area contributed by atoms with Crippen LogP contribution in [-0.2, 0) is 6.54 Å². The first-order valence-corrected chi connectivity index (χ1v) is 8.13. The molecule has 0 aliphatic carbocycles. The second-order valence-corrected chi connectivity index (χ2v) is 7.20. The molecule has 1 heterocycles. The van der Waals surface area contributed by atoms with Crippen LogP contribution < -0.4 is 5.32 Å². The van der Waals surface area contributed by atoms with Gasteiger partial charge in [0.05, 0.1) is 0 Å². The average Bonchev–Trinajstić information content (AvgIpc) is 2.36. The number of piperazine rings is 1. The first kappa shape index (κ1) is 15.9. The minimum absolute atomic E-state index is 0.136. The number of hydrogen-bond acceptors (Lipinski definition) is 2. The fraction of sp³-hybridized carbons (Fsp3) is 0.625. The van der Waals surface area contributed by atoms with Gasteiger partial charge in [-0.2, -0.15) is 0 Å². The van der Waals surface area contributed by atoms with Crippen molar-refractivity contribution >= 4 is 15.9 Å². The molecule has 0 radical (unpaired) electrons. The van der Waals surface area contributed by atoms with Gasteiger partial charge in [0.15, 0.2) is 0 Å². The van der Waals surface area contributed by atoms with E-state index in [1.54, 1.807) is 12.1 Å². The predicted octanol–water partition coefficient (Wildman–Crippen LogP) is 3.94. The molecule has 4 heteroatoms. The van der Waals surface area contributed by atoms with Crippen LogP contribution in [0, 0.1) is 5.82 Å². The number of hydrogen-bond donors (Lipinski definition) is 1. The van der Waals surface area contributed by atoms with E-state index in [1.165, 1.54) is 12.8 Å². The van der Waals surface area contributed by atoms with Crippen LogP contribution in [-0.4, -0.2) is 29.6 Å². The summed E-state index contributed by atoms with van der Waals surface area (Å²) in [5, 5.41) is 3.62. The molecular weight excluding hydrogens is 319 g/mol. The Kier molecular flexibility index (Phi) is 5.21. The van der Waals surface area contributed by atoms with Crippen LogP contribution in [0.4, 0.5) is 4.39 Å². The quantitative estimate of drug-likeness (QED) is 0.891. The Morgan fingerprint density at radius 1 is 1.45 bits per heavy atom. The highest BCUT2D eigenvalue weighted by atomic mass is 79.9. The van der Waals surface area contributed by atoms with Crippen molar-refractivity contribution in [1.29, 1.82) is 0 Å². The summed E-state index contributed by atoms with van der Waals surface area (Å²) in [5.41, 5.74) is 1.29. The minimum atomic E-state index is -0.189. The topological polar surface area (TPSA) is 15.3 Å². The molecule has 0 amide bonds. The summed E-state index contributed by atoms with van der Waals surface area (Å²) in [7, 11) is 0. The number of nitrogens with one attached hydrogen (secondary N) is 1. The van der Waals surface area contributed by atoms with Crippen molar-refractivity contribution in [1.82, 2.24) is 10.2 Å². The van der Waals surface area contributed by atoms with E-state index in [1.807, 2.05) is 6.07 Å². The molecular formula is C16H24BrFN2. The molecule has 1 N–H and O–H groups in total. The molecule has 0 spiro atoms. The summed E-state index contributed by atoms with van der Waals surface area (Å²) < 4.78 is 14.1. The largest absolute Gasteiger partial charge is 0.309 e. The Balaban J connectivity index is 2.14. The summed E-state index contributed by atoms with van der Waals surface area (Å²) in [6.07, 6.45) is 2.38. The van der Waals surface area contributed by atoms with Crippen LogP contribution in [0.2, 0.25) is 0 Å². The highest BCUT2D eigenvalue weighted by Crippen LogP contribution is 2.25. The van der Waals surface area contributed by atoms with Gasteiger partial charge in [-0.15, -0.1) is 0 Å². The highest BCUT2D eigenvalue weighted by Gasteiger charge is 2.32. The van der Waals surface area contributed by atoms with Crippen molar-refractivity contribution < 1.29 is 4.39 Å².